The molecule has 0 radical (unpaired) electrons. The average molecular weight is 436 g/mol. The fraction of sp³-hybridized carbons (Fsp3) is 0.0556. The number of hydrogen-bond donors (Lipinski definition) is 1. The van der Waals surface area contributed by atoms with Crippen molar-refractivity contribution >= 4 is 39.7 Å². The molecule has 0 saturated carbocycles. The molecule has 0 aliphatic rings. The molecule has 0 aliphatic carbocycles. The van der Waals surface area contributed by atoms with E-state index >= 15 is 0 Å². The van der Waals surface area contributed by atoms with Gasteiger partial charge in [0.2, 0.25) is 0 Å². The van der Waals surface area contributed by atoms with Crippen molar-refractivity contribution in [2.24, 2.45) is 5.10 Å². The van der Waals surface area contributed by atoms with E-state index in [1.165, 1.54) is 18.3 Å². The molecule has 2 aromatic carbocycles. The zero-order chi connectivity index (χ0) is 18.5. The summed E-state index contributed by atoms with van der Waals surface area (Å²) in [6.07, 6.45) is 3.14. The first kappa shape index (κ1) is 18.3. The number of hydrazone groups is 1. The SMILES string of the molecule is O=C(N/N=C\c1ccc(F)cc1)c1nn(Cc2ccc(Cl)cc2)cc1Br. The Bertz CT molecular complexity index is 939. The molecule has 3 aromatic rings. The number of nitrogens with zero attached hydrogens (tertiary/aromatic N) is 3. The zero-order valence-corrected chi connectivity index (χ0v) is 15.7. The maximum Gasteiger partial charge on any atom is 0.293 e. The molecular weight excluding hydrogens is 423 g/mol. The van der Waals surface area contributed by atoms with Crippen LogP contribution >= 0.6 is 27.5 Å². The predicted molar refractivity (Wildman–Crippen MR) is 102 cm³/mol. The van der Waals surface area contributed by atoms with Gasteiger partial charge in [-0.05, 0) is 51.3 Å². The molecule has 0 aliphatic heterocycles. The van der Waals surface area contributed by atoms with Gasteiger partial charge in [0.1, 0.15) is 5.82 Å². The molecule has 1 amide bonds. The molecule has 1 heterocycles. The van der Waals surface area contributed by atoms with Gasteiger partial charge in [-0.2, -0.15) is 10.2 Å². The summed E-state index contributed by atoms with van der Waals surface area (Å²) < 4.78 is 15.0. The number of halogens is 3. The minimum atomic E-state index is -0.454. The quantitative estimate of drug-likeness (QED) is 0.481. The normalized spacial score (nSPS) is 11.0. The van der Waals surface area contributed by atoms with Crippen LogP contribution in [0.15, 0.2) is 64.3 Å². The van der Waals surface area contributed by atoms with E-state index in [2.05, 4.69) is 31.6 Å². The summed E-state index contributed by atoms with van der Waals surface area (Å²) in [6.45, 7) is 0.502. The van der Waals surface area contributed by atoms with Crippen molar-refractivity contribution in [1.82, 2.24) is 15.2 Å². The third kappa shape index (κ3) is 4.77. The maximum atomic E-state index is 12.8. The first-order valence-corrected chi connectivity index (χ1v) is 8.75. The molecule has 0 saturated heterocycles. The van der Waals surface area contributed by atoms with E-state index in [0.29, 0.717) is 21.6 Å². The molecule has 0 fully saturated rings. The maximum absolute atomic E-state index is 12.8. The molecule has 0 unspecified atom stereocenters. The van der Waals surface area contributed by atoms with Crippen LogP contribution in [0.2, 0.25) is 5.02 Å². The van der Waals surface area contributed by atoms with E-state index in [4.69, 9.17) is 11.6 Å². The highest BCUT2D eigenvalue weighted by Crippen LogP contribution is 2.17. The molecule has 8 heteroatoms. The van der Waals surface area contributed by atoms with Crippen molar-refractivity contribution in [3.05, 3.63) is 86.9 Å². The minimum Gasteiger partial charge on any atom is -0.266 e. The Balaban J connectivity index is 1.65. The summed E-state index contributed by atoms with van der Waals surface area (Å²) in [7, 11) is 0. The summed E-state index contributed by atoms with van der Waals surface area (Å²) in [6, 6.07) is 13.1. The van der Waals surface area contributed by atoms with E-state index in [9.17, 15) is 9.18 Å². The Morgan fingerprint density at radius 2 is 1.92 bits per heavy atom. The monoisotopic (exact) mass is 434 g/mol. The summed E-state index contributed by atoms with van der Waals surface area (Å²) >= 11 is 9.20. The van der Waals surface area contributed by atoms with Gasteiger partial charge in [-0.3, -0.25) is 9.48 Å². The highest BCUT2D eigenvalue weighted by Gasteiger charge is 2.14. The molecule has 0 atom stereocenters. The van der Waals surface area contributed by atoms with Gasteiger partial charge < -0.3 is 0 Å². The summed E-state index contributed by atoms with van der Waals surface area (Å²) in [4.78, 5) is 12.2. The van der Waals surface area contributed by atoms with Gasteiger partial charge in [0.05, 0.1) is 17.2 Å². The Morgan fingerprint density at radius 3 is 2.62 bits per heavy atom. The Labute approximate surface area is 162 Å². The number of carbonyl (C=O) groups is 1. The number of hydrogen-bond acceptors (Lipinski definition) is 3. The number of amides is 1. The molecule has 0 spiro atoms. The third-order valence-corrected chi connectivity index (χ3v) is 4.27. The zero-order valence-electron chi connectivity index (χ0n) is 13.4. The molecule has 0 bridgehead atoms. The Morgan fingerprint density at radius 1 is 1.23 bits per heavy atom. The van der Waals surface area contributed by atoms with Crippen molar-refractivity contribution in [3.63, 3.8) is 0 Å². The lowest BCUT2D eigenvalue weighted by molar-refractivity contribution is 0.0948. The van der Waals surface area contributed by atoms with Gasteiger partial charge in [-0.1, -0.05) is 35.9 Å². The molecule has 3 rings (SSSR count). The summed E-state index contributed by atoms with van der Waals surface area (Å²) in [5.41, 5.74) is 4.29. The Kier molecular flexibility index (Phi) is 5.80. The second-order valence-corrected chi connectivity index (χ2v) is 6.69. The van der Waals surface area contributed by atoms with Crippen molar-refractivity contribution in [2.45, 2.75) is 6.54 Å². The highest BCUT2D eigenvalue weighted by atomic mass is 79.9. The van der Waals surface area contributed by atoms with Crippen LogP contribution in [0.4, 0.5) is 4.39 Å². The fourth-order valence-corrected chi connectivity index (χ4v) is 2.80. The number of aromatic nitrogens is 2. The van der Waals surface area contributed by atoms with Gasteiger partial charge in [0, 0.05) is 11.2 Å². The van der Waals surface area contributed by atoms with E-state index in [-0.39, 0.29) is 11.5 Å². The topological polar surface area (TPSA) is 59.3 Å². The van der Waals surface area contributed by atoms with Gasteiger partial charge in [0.15, 0.2) is 5.69 Å². The predicted octanol–water partition coefficient (Wildman–Crippen LogP) is 4.25. The lowest BCUT2D eigenvalue weighted by Crippen LogP contribution is -2.19. The van der Waals surface area contributed by atoms with Crippen molar-refractivity contribution in [3.8, 4) is 0 Å². The lowest BCUT2D eigenvalue weighted by Gasteiger charge is -2.01. The second-order valence-electron chi connectivity index (χ2n) is 5.40. The number of benzene rings is 2. The van der Waals surface area contributed by atoms with Crippen molar-refractivity contribution in [2.75, 3.05) is 0 Å². The van der Waals surface area contributed by atoms with E-state index in [0.717, 1.165) is 5.56 Å². The molecule has 1 aromatic heterocycles. The van der Waals surface area contributed by atoms with Crippen LogP contribution < -0.4 is 5.43 Å². The second kappa shape index (κ2) is 8.25. The van der Waals surface area contributed by atoms with Crippen LogP contribution in [-0.4, -0.2) is 21.9 Å². The average Bonchev–Trinajstić information content (AvgIpc) is 2.99. The van der Waals surface area contributed by atoms with Crippen LogP contribution in [-0.2, 0) is 6.54 Å². The number of nitrogens with one attached hydrogen (secondary N) is 1. The first-order valence-electron chi connectivity index (χ1n) is 7.57. The van der Waals surface area contributed by atoms with Crippen molar-refractivity contribution in [1.29, 1.82) is 0 Å². The summed E-state index contributed by atoms with van der Waals surface area (Å²) in [5, 5.41) is 8.79. The van der Waals surface area contributed by atoms with Crippen LogP contribution in [0.5, 0.6) is 0 Å². The molecule has 5 nitrogen and oxygen atoms in total. The number of rotatable bonds is 5. The molecule has 26 heavy (non-hydrogen) atoms. The van der Waals surface area contributed by atoms with Gasteiger partial charge in [-0.15, -0.1) is 0 Å². The highest BCUT2D eigenvalue weighted by molar-refractivity contribution is 9.10. The smallest absolute Gasteiger partial charge is 0.266 e. The van der Waals surface area contributed by atoms with Gasteiger partial charge >= 0.3 is 0 Å². The van der Waals surface area contributed by atoms with Crippen LogP contribution in [0, 0.1) is 5.82 Å². The van der Waals surface area contributed by atoms with E-state index in [1.807, 2.05) is 12.1 Å². The number of carbonyl (C=O) groups excluding carboxylic acids is 1. The molecule has 132 valence electrons. The van der Waals surface area contributed by atoms with Crippen LogP contribution in [0.25, 0.3) is 0 Å². The van der Waals surface area contributed by atoms with E-state index < -0.39 is 5.91 Å². The van der Waals surface area contributed by atoms with Crippen molar-refractivity contribution < 1.29 is 9.18 Å². The third-order valence-electron chi connectivity index (χ3n) is 3.44. The largest absolute Gasteiger partial charge is 0.293 e. The van der Waals surface area contributed by atoms with Crippen LogP contribution in [0.3, 0.4) is 0 Å². The summed E-state index contributed by atoms with van der Waals surface area (Å²) in [5.74, 6) is -0.786. The van der Waals surface area contributed by atoms with Gasteiger partial charge in [0.25, 0.3) is 5.91 Å². The lowest BCUT2D eigenvalue weighted by atomic mass is 10.2. The molecule has 1 N–H and O–H groups in total. The van der Waals surface area contributed by atoms with E-state index in [1.54, 1.807) is 35.1 Å². The Hall–Kier alpha value is -2.51. The fourth-order valence-electron chi connectivity index (χ4n) is 2.18. The standard InChI is InChI=1S/C18H13BrClFN4O/c19-16-11-25(10-13-1-5-14(20)6-2-13)24-17(16)18(26)23-22-9-12-3-7-15(21)8-4-12/h1-9,11H,10H2,(H,23,26)/b22-9-. The first-order chi connectivity index (χ1) is 12.5. The van der Waals surface area contributed by atoms with Crippen LogP contribution in [0.1, 0.15) is 21.6 Å². The van der Waals surface area contributed by atoms with Gasteiger partial charge in [-0.25, -0.2) is 9.82 Å². The minimum absolute atomic E-state index is 0.218. The molecular formula is C18H13BrClFN4O.